The summed E-state index contributed by atoms with van der Waals surface area (Å²) in [6, 6.07) is 8.99. The lowest BCUT2D eigenvalue weighted by Crippen LogP contribution is -2.10. The molecule has 0 radical (unpaired) electrons. The molecule has 4 heteroatoms. The van der Waals surface area contributed by atoms with E-state index in [0.717, 1.165) is 6.42 Å². The molecule has 0 saturated heterocycles. The van der Waals surface area contributed by atoms with E-state index in [2.05, 4.69) is 6.58 Å². The topological polar surface area (TPSA) is 35.5 Å². The molecule has 1 aromatic rings. The molecule has 3 nitrogen and oxygen atoms in total. The first kappa shape index (κ1) is 13.2. The average Bonchev–Trinajstić information content (AvgIpc) is 2.35. The second kappa shape index (κ2) is 6.64. The van der Waals surface area contributed by atoms with Crippen molar-refractivity contribution in [1.82, 2.24) is 0 Å². The van der Waals surface area contributed by atoms with Crippen LogP contribution in [0.15, 0.2) is 43.0 Å². The summed E-state index contributed by atoms with van der Waals surface area (Å²) < 4.78 is 23.1. The molecule has 1 unspecified atom stereocenters. The summed E-state index contributed by atoms with van der Waals surface area (Å²) in [5, 5.41) is 0.588. The standard InChI is InChI=1S/C12H17O3P/c1-3-10-14-16(13,15-11-4-2)12-8-6-5-7-9-12/h3,5-9H,1,4,10-11H2,2H3. The zero-order valence-electron chi connectivity index (χ0n) is 9.46. The Morgan fingerprint density at radius 2 is 2.00 bits per heavy atom. The van der Waals surface area contributed by atoms with Gasteiger partial charge in [-0.25, -0.2) is 0 Å². The van der Waals surface area contributed by atoms with Gasteiger partial charge in [0.2, 0.25) is 0 Å². The molecule has 0 heterocycles. The number of hydrogen-bond acceptors (Lipinski definition) is 3. The van der Waals surface area contributed by atoms with Gasteiger partial charge in [-0.05, 0) is 18.6 Å². The maximum atomic E-state index is 12.4. The Hall–Kier alpha value is -0.890. The fourth-order valence-electron chi connectivity index (χ4n) is 1.16. The van der Waals surface area contributed by atoms with E-state index in [0.29, 0.717) is 11.9 Å². The molecule has 1 aromatic carbocycles. The Labute approximate surface area is 96.6 Å². The second-order valence-corrected chi connectivity index (χ2v) is 5.28. The van der Waals surface area contributed by atoms with Crippen molar-refractivity contribution in [3.8, 4) is 0 Å². The minimum atomic E-state index is -3.18. The van der Waals surface area contributed by atoms with Gasteiger partial charge in [0.1, 0.15) is 0 Å². The summed E-state index contributed by atoms with van der Waals surface area (Å²) in [6.45, 7) is 6.14. The molecule has 0 N–H and O–H groups in total. The van der Waals surface area contributed by atoms with Crippen molar-refractivity contribution in [3.63, 3.8) is 0 Å². The molecule has 0 spiro atoms. The van der Waals surface area contributed by atoms with Crippen molar-refractivity contribution in [1.29, 1.82) is 0 Å². The van der Waals surface area contributed by atoms with Crippen molar-refractivity contribution < 1.29 is 13.6 Å². The molecule has 0 bridgehead atoms. The van der Waals surface area contributed by atoms with Crippen LogP contribution in [0, 0.1) is 0 Å². The van der Waals surface area contributed by atoms with Crippen LogP contribution in [0.1, 0.15) is 13.3 Å². The van der Waals surface area contributed by atoms with Gasteiger partial charge in [0.15, 0.2) is 0 Å². The Bertz CT molecular complexity index is 362. The molecule has 0 amide bonds. The summed E-state index contributed by atoms with van der Waals surface area (Å²) >= 11 is 0. The third-order valence-electron chi connectivity index (χ3n) is 1.90. The fourth-order valence-corrected chi connectivity index (χ4v) is 2.79. The van der Waals surface area contributed by atoms with E-state index in [1.807, 2.05) is 25.1 Å². The largest absolute Gasteiger partial charge is 0.361 e. The van der Waals surface area contributed by atoms with Crippen LogP contribution in [0.5, 0.6) is 0 Å². The van der Waals surface area contributed by atoms with Crippen LogP contribution in [0.4, 0.5) is 0 Å². The highest BCUT2D eigenvalue weighted by Gasteiger charge is 2.26. The molecule has 0 fully saturated rings. The summed E-state index contributed by atoms with van der Waals surface area (Å²) in [7, 11) is -3.18. The summed E-state index contributed by atoms with van der Waals surface area (Å²) in [6.07, 6.45) is 2.36. The van der Waals surface area contributed by atoms with Gasteiger partial charge in [0, 0.05) is 0 Å². The maximum absolute atomic E-state index is 12.4. The van der Waals surface area contributed by atoms with Crippen LogP contribution in [0.25, 0.3) is 0 Å². The second-order valence-electron chi connectivity index (χ2n) is 3.25. The highest BCUT2D eigenvalue weighted by molar-refractivity contribution is 7.62. The van der Waals surface area contributed by atoms with Gasteiger partial charge in [0.05, 0.1) is 18.5 Å². The Morgan fingerprint density at radius 3 is 2.56 bits per heavy atom. The number of hydrogen-bond donors (Lipinski definition) is 0. The van der Waals surface area contributed by atoms with E-state index in [9.17, 15) is 4.57 Å². The van der Waals surface area contributed by atoms with E-state index in [1.165, 1.54) is 0 Å². The number of rotatable bonds is 7. The minimum absolute atomic E-state index is 0.218. The normalized spacial score (nSPS) is 14.3. The third kappa shape index (κ3) is 3.60. The van der Waals surface area contributed by atoms with Crippen molar-refractivity contribution in [2.75, 3.05) is 13.2 Å². The fraction of sp³-hybridized carbons (Fsp3) is 0.333. The first-order valence-corrected chi connectivity index (χ1v) is 6.83. The quantitative estimate of drug-likeness (QED) is 0.542. The van der Waals surface area contributed by atoms with Gasteiger partial charge >= 0.3 is 7.60 Å². The summed E-state index contributed by atoms with van der Waals surface area (Å²) in [5.41, 5.74) is 0. The predicted molar refractivity (Wildman–Crippen MR) is 66.1 cm³/mol. The van der Waals surface area contributed by atoms with Gasteiger partial charge in [0.25, 0.3) is 0 Å². The van der Waals surface area contributed by atoms with E-state index >= 15 is 0 Å². The van der Waals surface area contributed by atoms with Crippen LogP contribution in [-0.2, 0) is 13.6 Å². The molecule has 0 aliphatic carbocycles. The van der Waals surface area contributed by atoms with Crippen LogP contribution in [0.3, 0.4) is 0 Å². The SMILES string of the molecule is C=CCOP(=O)(OCCC)c1ccccc1. The number of benzene rings is 1. The lowest BCUT2D eigenvalue weighted by Gasteiger charge is -2.17. The first-order valence-electron chi connectivity index (χ1n) is 5.28. The molecule has 0 aromatic heterocycles. The Kier molecular flexibility index (Phi) is 5.47. The van der Waals surface area contributed by atoms with E-state index in [-0.39, 0.29) is 6.61 Å². The monoisotopic (exact) mass is 240 g/mol. The van der Waals surface area contributed by atoms with Gasteiger partial charge in [-0.1, -0.05) is 31.2 Å². The first-order chi connectivity index (χ1) is 7.73. The lowest BCUT2D eigenvalue weighted by molar-refractivity contribution is 0.229. The summed E-state index contributed by atoms with van der Waals surface area (Å²) in [4.78, 5) is 0. The lowest BCUT2D eigenvalue weighted by atomic mass is 10.4. The zero-order valence-corrected chi connectivity index (χ0v) is 10.4. The van der Waals surface area contributed by atoms with Crippen molar-refractivity contribution in [2.45, 2.75) is 13.3 Å². The van der Waals surface area contributed by atoms with Crippen molar-refractivity contribution >= 4 is 12.9 Å². The Balaban J connectivity index is 2.85. The molecular formula is C12H17O3P. The molecule has 16 heavy (non-hydrogen) atoms. The highest BCUT2D eigenvalue weighted by atomic mass is 31.2. The molecule has 1 atom stereocenters. The van der Waals surface area contributed by atoms with E-state index in [4.69, 9.17) is 9.05 Å². The van der Waals surface area contributed by atoms with Crippen LogP contribution < -0.4 is 5.30 Å². The third-order valence-corrected chi connectivity index (χ3v) is 3.84. The van der Waals surface area contributed by atoms with Gasteiger partial charge in [-0.3, -0.25) is 4.57 Å². The van der Waals surface area contributed by atoms with Crippen molar-refractivity contribution in [2.24, 2.45) is 0 Å². The van der Waals surface area contributed by atoms with Gasteiger partial charge < -0.3 is 9.05 Å². The van der Waals surface area contributed by atoms with Gasteiger partial charge in [-0.2, -0.15) is 0 Å². The smallest absolute Gasteiger partial charge is 0.305 e. The van der Waals surface area contributed by atoms with Crippen LogP contribution >= 0.6 is 7.60 Å². The van der Waals surface area contributed by atoms with E-state index in [1.54, 1.807) is 18.2 Å². The average molecular weight is 240 g/mol. The summed E-state index contributed by atoms with van der Waals surface area (Å²) in [5.74, 6) is 0. The highest BCUT2D eigenvalue weighted by Crippen LogP contribution is 2.46. The maximum Gasteiger partial charge on any atom is 0.361 e. The molecule has 0 aliphatic rings. The molecule has 1 rings (SSSR count). The van der Waals surface area contributed by atoms with Crippen LogP contribution in [-0.4, -0.2) is 13.2 Å². The van der Waals surface area contributed by atoms with Crippen molar-refractivity contribution in [3.05, 3.63) is 43.0 Å². The molecule has 0 aliphatic heterocycles. The molecule has 0 saturated carbocycles. The predicted octanol–water partition coefficient (Wildman–Crippen LogP) is 3.13. The zero-order chi connectivity index (χ0) is 11.9. The van der Waals surface area contributed by atoms with Crippen LogP contribution in [0.2, 0.25) is 0 Å². The van der Waals surface area contributed by atoms with Gasteiger partial charge in [-0.15, -0.1) is 6.58 Å². The molecule has 88 valence electrons. The minimum Gasteiger partial charge on any atom is -0.305 e. The Morgan fingerprint density at radius 1 is 1.31 bits per heavy atom. The van der Waals surface area contributed by atoms with E-state index < -0.39 is 7.60 Å². The molecular weight excluding hydrogens is 223 g/mol.